The summed E-state index contributed by atoms with van der Waals surface area (Å²) in [7, 11) is 1.61. The van der Waals surface area contributed by atoms with Crippen molar-refractivity contribution in [3.8, 4) is 22.6 Å². The molecule has 0 fully saturated rings. The van der Waals surface area contributed by atoms with Crippen LogP contribution in [0, 0.1) is 5.82 Å². The number of methoxy groups -OCH3 is 1. The summed E-state index contributed by atoms with van der Waals surface area (Å²) in [5.74, 6) is 1.90. The molecule has 0 saturated heterocycles. The van der Waals surface area contributed by atoms with E-state index in [2.05, 4.69) is 15.3 Å². The van der Waals surface area contributed by atoms with Crippen LogP contribution in [0.25, 0.3) is 22.0 Å². The molecule has 4 aromatic rings. The molecule has 6 heteroatoms. The van der Waals surface area contributed by atoms with Gasteiger partial charge in [0.25, 0.3) is 0 Å². The first-order chi connectivity index (χ1) is 16.1. The zero-order valence-corrected chi connectivity index (χ0v) is 18.9. The van der Waals surface area contributed by atoms with Crippen LogP contribution in [-0.4, -0.2) is 23.7 Å². The average molecular weight is 444 g/mol. The molecule has 0 aliphatic heterocycles. The second-order valence-electron chi connectivity index (χ2n) is 7.73. The van der Waals surface area contributed by atoms with Crippen molar-refractivity contribution in [2.75, 3.05) is 19.0 Å². The molecule has 0 aliphatic rings. The summed E-state index contributed by atoms with van der Waals surface area (Å²) >= 11 is 0. The van der Waals surface area contributed by atoms with Gasteiger partial charge in [-0.1, -0.05) is 30.3 Å². The van der Waals surface area contributed by atoms with Crippen molar-refractivity contribution in [2.24, 2.45) is 0 Å². The van der Waals surface area contributed by atoms with E-state index in [0.717, 1.165) is 27.8 Å². The van der Waals surface area contributed by atoms with Crippen LogP contribution in [0.2, 0.25) is 0 Å². The summed E-state index contributed by atoms with van der Waals surface area (Å²) < 4.78 is 24.7. The quantitative estimate of drug-likeness (QED) is 0.319. The molecule has 1 heterocycles. The normalized spacial score (nSPS) is 11.5. The highest BCUT2D eigenvalue weighted by Gasteiger charge is 2.12. The summed E-state index contributed by atoms with van der Waals surface area (Å²) in [5.41, 5.74) is 4.78. The van der Waals surface area contributed by atoms with Crippen LogP contribution in [0.15, 0.2) is 78.6 Å². The van der Waals surface area contributed by atoms with Crippen LogP contribution in [0.4, 0.5) is 10.2 Å². The Hall–Kier alpha value is -3.93. The van der Waals surface area contributed by atoms with Crippen molar-refractivity contribution in [1.29, 1.82) is 0 Å². The maximum Gasteiger partial charge on any atom is 0.145 e. The molecule has 1 N–H and O–H groups in total. The number of benzene rings is 3. The topological polar surface area (TPSA) is 56.3 Å². The Kier molecular flexibility index (Phi) is 6.83. The number of nitrogens with one attached hydrogen (secondary N) is 1. The van der Waals surface area contributed by atoms with Gasteiger partial charge in [0.15, 0.2) is 0 Å². The lowest BCUT2D eigenvalue weighted by Gasteiger charge is -2.13. The van der Waals surface area contributed by atoms with Gasteiger partial charge in [0.05, 0.1) is 7.11 Å². The third kappa shape index (κ3) is 5.29. The van der Waals surface area contributed by atoms with Gasteiger partial charge in [-0.15, -0.1) is 0 Å². The van der Waals surface area contributed by atoms with E-state index in [1.807, 2.05) is 56.3 Å². The number of rotatable bonds is 8. The van der Waals surface area contributed by atoms with E-state index in [0.29, 0.717) is 30.2 Å². The highest BCUT2D eigenvalue weighted by atomic mass is 19.1. The molecule has 5 nitrogen and oxygen atoms in total. The van der Waals surface area contributed by atoms with Crippen molar-refractivity contribution in [2.45, 2.75) is 20.4 Å². The summed E-state index contributed by atoms with van der Waals surface area (Å²) in [5, 5.41) is 4.24. The van der Waals surface area contributed by atoms with Crippen molar-refractivity contribution >= 4 is 16.7 Å². The van der Waals surface area contributed by atoms with Crippen molar-refractivity contribution in [1.82, 2.24) is 9.97 Å². The molecule has 0 bridgehead atoms. The van der Waals surface area contributed by atoms with Crippen molar-refractivity contribution in [3.63, 3.8) is 0 Å². The number of hydrogen-bond acceptors (Lipinski definition) is 5. The number of ether oxygens (including phenoxy) is 2. The minimum absolute atomic E-state index is 0.273. The fourth-order valence-electron chi connectivity index (χ4n) is 3.41. The Morgan fingerprint density at radius 3 is 2.45 bits per heavy atom. The zero-order chi connectivity index (χ0) is 23.2. The van der Waals surface area contributed by atoms with E-state index in [1.165, 1.54) is 24.0 Å². The van der Waals surface area contributed by atoms with Crippen LogP contribution < -0.4 is 14.8 Å². The summed E-state index contributed by atoms with van der Waals surface area (Å²) in [6.07, 6.45) is 3.56. The molecule has 1 aromatic heterocycles. The first-order valence-corrected chi connectivity index (χ1v) is 10.7. The predicted molar refractivity (Wildman–Crippen MR) is 130 cm³/mol. The van der Waals surface area contributed by atoms with Crippen LogP contribution in [0.3, 0.4) is 0 Å². The van der Waals surface area contributed by atoms with Gasteiger partial charge in [0, 0.05) is 11.9 Å². The summed E-state index contributed by atoms with van der Waals surface area (Å²) in [4.78, 5) is 8.87. The Morgan fingerprint density at radius 2 is 1.76 bits per heavy atom. The third-order valence-electron chi connectivity index (χ3n) is 5.44. The van der Waals surface area contributed by atoms with E-state index in [9.17, 15) is 4.39 Å². The fourth-order valence-corrected chi connectivity index (χ4v) is 3.41. The van der Waals surface area contributed by atoms with Gasteiger partial charge in [-0.25, -0.2) is 14.4 Å². The molecule has 0 saturated carbocycles. The Bertz CT molecular complexity index is 1270. The second kappa shape index (κ2) is 10.1. The minimum Gasteiger partial charge on any atom is -0.494 e. The maximum absolute atomic E-state index is 13.4. The highest BCUT2D eigenvalue weighted by molar-refractivity contribution is 5.96. The van der Waals surface area contributed by atoms with Gasteiger partial charge in [0.2, 0.25) is 0 Å². The molecule has 0 aliphatic carbocycles. The molecule has 168 valence electrons. The molecular formula is C27H26FN3O2. The molecule has 0 unspecified atom stereocenters. The smallest absolute Gasteiger partial charge is 0.145 e. The lowest BCUT2D eigenvalue weighted by Crippen LogP contribution is -2.04. The Morgan fingerprint density at radius 1 is 1.00 bits per heavy atom. The number of hydrogen-bond donors (Lipinski definition) is 1. The van der Waals surface area contributed by atoms with Crippen LogP contribution in [0.5, 0.6) is 11.5 Å². The predicted octanol–water partition coefficient (Wildman–Crippen LogP) is 6.40. The van der Waals surface area contributed by atoms with E-state index in [1.54, 1.807) is 19.2 Å². The molecular weight excluding hydrogens is 417 g/mol. The summed E-state index contributed by atoms with van der Waals surface area (Å²) in [6.45, 7) is 5.21. The SMILES string of the molecule is C/C=C(\C)COc1ccc(CNc2ncnc3c(OC)cc(-c4ccc(F)cc4)cc23)cc1. The number of fused-ring (bicyclic) bond motifs is 1. The minimum atomic E-state index is -0.273. The van der Waals surface area contributed by atoms with Crippen molar-refractivity contribution < 1.29 is 13.9 Å². The molecule has 33 heavy (non-hydrogen) atoms. The Labute approximate surface area is 192 Å². The monoisotopic (exact) mass is 443 g/mol. The van der Waals surface area contributed by atoms with E-state index >= 15 is 0 Å². The number of aromatic nitrogens is 2. The number of halogens is 1. The van der Waals surface area contributed by atoms with Crippen molar-refractivity contribution in [3.05, 3.63) is 90.0 Å². The van der Waals surface area contributed by atoms with E-state index in [-0.39, 0.29) is 5.82 Å². The molecule has 0 atom stereocenters. The van der Waals surface area contributed by atoms with Crippen LogP contribution in [-0.2, 0) is 6.54 Å². The second-order valence-corrected chi connectivity index (χ2v) is 7.73. The average Bonchev–Trinajstić information content (AvgIpc) is 2.86. The van der Waals surface area contributed by atoms with Crippen LogP contribution in [0.1, 0.15) is 19.4 Å². The zero-order valence-electron chi connectivity index (χ0n) is 18.9. The Balaban J connectivity index is 1.57. The molecule has 0 amide bonds. The first-order valence-electron chi connectivity index (χ1n) is 10.7. The molecule has 4 rings (SSSR count). The highest BCUT2D eigenvalue weighted by Crippen LogP contribution is 2.34. The number of anilines is 1. The summed E-state index contributed by atoms with van der Waals surface area (Å²) in [6, 6.07) is 18.3. The molecule has 0 radical (unpaired) electrons. The number of allylic oxidation sites excluding steroid dienone is 1. The standard InChI is InChI=1S/C27H26FN3O2/c1-4-18(2)16-33-23-11-5-19(6-12-23)15-29-27-24-13-21(20-7-9-22(28)10-8-20)14-25(32-3)26(24)30-17-31-27/h4-14,17H,15-16H2,1-3H3,(H,29,30,31)/b18-4+. The molecule has 3 aromatic carbocycles. The van der Waals surface area contributed by atoms with Gasteiger partial charge in [-0.2, -0.15) is 0 Å². The largest absolute Gasteiger partial charge is 0.494 e. The van der Waals surface area contributed by atoms with Gasteiger partial charge < -0.3 is 14.8 Å². The van der Waals surface area contributed by atoms with E-state index < -0.39 is 0 Å². The number of nitrogens with zero attached hydrogens (tertiary/aromatic N) is 2. The lowest BCUT2D eigenvalue weighted by atomic mass is 10.0. The van der Waals surface area contributed by atoms with Gasteiger partial charge in [0.1, 0.15) is 41.6 Å². The maximum atomic E-state index is 13.4. The molecule has 0 spiro atoms. The fraction of sp³-hybridized carbons (Fsp3) is 0.185. The van der Waals surface area contributed by atoms with Gasteiger partial charge in [-0.3, -0.25) is 0 Å². The van der Waals surface area contributed by atoms with Gasteiger partial charge in [-0.05, 0) is 72.5 Å². The van der Waals surface area contributed by atoms with Gasteiger partial charge >= 0.3 is 0 Å². The first kappa shape index (κ1) is 22.3. The van der Waals surface area contributed by atoms with E-state index in [4.69, 9.17) is 9.47 Å². The lowest BCUT2D eigenvalue weighted by molar-refractivity contribution is 0.352. The third-order valence-corrected chi connectivity index (χ3v) is 5.44. The van der Waals surface area contributed by atoms with Crippen LogP contribution >= 0.6 is 0 Å².